The Hall–Kier alpha value is -1.86. The summed E-state index contributed by atoms with van der Waals surface area (Å²) in [5.41, 5.74) is 3.67. The molecule has 26 heavy (non-hydrogen) atoms. The van der Waals surface area contributed by atoms with Gasteiger partial charge in [-0.3, -0.25) is 4.68 Å². The first-order chi connectivity index (χ1) is 12.3. The molecule has 0 amide bonds. The van der Waals surface area contributed by atoms with Crippen LogP contribution in [0.2, 0.25) is 0 Å². The highest BCUT2D eigenvalue weighted by molar-refractivity contribution is 7.89. The molecule has 1 aromatic heterocycles. The number of sulfonamides is 1. The Morgan fingerprint density at radius 2 is 1.77 bits per heavy atom. The van der Waals surface area contributed by atoms with Gasteiger partial charge in [-0.2, -0.15) is 9.40 Å². The Morgan fingerprint density at radius 1 is 1.12 bits per heavy atom. The second kappa shape index (κ2) is 7.04. The van der Waals surface area contributed by atoms with Gasteiger partial charge in [-0.05, 0) is 46.8 Å². The summed E-state index contributed by atoms with van der Waals surface area (Å²) in [6, 6.07) is 8.52. The van der Waals surface area contributed by atoms with Gasteiger partial charge in [0.15, 0.2) is 0 Å². The molecule has 2 heterocycles. The minimum Gasteiger partial charge on any atom is -0.366 e. The van der Waals surface area contributed by atoms with Crippen molar-refractivity contribution in [2.75, 3.05) is 24.5 Å². The van der Waals surface area contributed by atoms with Crippen molar-refractivity contribution in [1.29, 1.82) is 0 Å². The first-order valence-corrected chi connectivity index (χ1v) is 10.6. The van der Waals surface area contributed by atoms with Crippen LogP contribution in [0.25, 0.3) is 0 Å². The molecule has 1 fully saturated rings. The molecule has 0 aliphatic carbocycles. The summed E-state index contributed by atoms with van der Waals surface area (Å²) in [7, 11) is -3.53. The SMILES string of the molecule is CCn1nc(C)c(S(=O)(=O)N2CCN(c3ccc(C)cc3)[C@@H](C)C2)c1C. The van der Waals surface area contributed by atoms with E-state index in [4.69, 9.17) is 0 Å². The van der Waals surface area contributed by atoms with E-state index in [0.717, 1.165) is 11.4 Å². The molecule has 1 saturated heterocycles. The van der Waals surface area contributed by atoms with Gasteiger partial charge >= 0.3 is 0 Å². The molecule has 0 N–H and O–H groups in total. The highest BCUT2D eigenvalue weighted by Crippen LogP contribution is 2.27. The van der Waals surface area contributed by atoms with E-state index in [1.165, 1.54) is 5.56 Å². The van der Waals surface area contributed by atoms with E-state index in [0.29, 0.717) is 36.8 Å². The predicted molar refractivity (Wildman–Crippen MR) is 104 cm³/mol. The number of aryl methyl sites for hydroxylation is 3. The lowest BCUT2D eigenvalue weighted by Gasteiger charge is -2.40. The molecule has 1 aliphatic heterocycles. The largest absolute Gasteiger partial charge is 0.366 e. The summed E-state index contributed by atoms with van der Waals surface area (Å²) in [5, 5.41) is 4.38. The third kappa shape index (κ3) is 3.25. The molecule has 2 aromatic rings. The molecule has 6 nitrogen and oxygen atoms in total. The van der Waals surface area contributed by atoms with Gasteiger partial charge in [0.05, 0.1) is 11.4 Å². The van der Waals surface area contributed by atoms with Crippen LogP contribution in [0.4, 0.5) is 5.69 Å². The second-order valence-electron chi connectivity index (χ2n) is 7.06. The molecular formula is C19H28N4O2S. The van der Waals surface area contributed by atoms with Gasteiger partial charge < -0.3 is 4.90 Å². The van der Waals surface area contributed by atoms with Crippen LogP contribution in [0.15, 0.2) is 29.2 Å². The normalized spacial score (nSPS) is 19.1. The molecule has 0 bridgehead atoms. The Morgan fingerprint density at radius 3 is 2.31 bits per heavy atom. The van der Waals surface area contributed by atoms with Crippen LogP contribution in [0, 0.1) is 20.8 Å². The van der Waals surface area contributed by atoms with Gasteiger partial charge in [0.25, 0.3) is 0 Å². The van der Waals surface area contributed by atoms with Crippen molar-refractivity contribution in [3.8, 4) is 0 Å². The number of nitrogens with zero attached hydrogens (tertiary/aromatic N) is 4. The Kier molecular flexibility index (Phi) is 5.12. The number of benzene rings is 1. The third-order valence-corrected chi connectivity index (χ3v) is 7.29. The minimum atomic E-state index is -3.53. The van der Waals surface area contributed by atoms with Crippen molar-refractivity contribution < 1.29 is 8.42 Å². The van der Waals surface area contributed by atoms with Crippen LogP contribution in [-0.4, -0.2) is 48.2 Å². The highest BCUT2D eigenvalue weighted by atomic mass is 32.2. The summed E-state index contributed by atoms with van der Waals surface area (Å²) in [6.07, 6.45) is 0. The lowest BCUT2D eigenvalue weighted by atomic mass is 10.1. The number of anilines is 1. The Balaban J connectivity index is 1.84. The van der Waals surface area contributed by atoms with E-state index in [1.807, 2.05) is 13.8 Å². The topological polar surface area (TPSA) is 58.4 Å². The van der Waals surface area contributed by atoms with Gasteiger partial charge in [0.2, 0.25) is 10.0 Å². The average molecular weight is 377 g/mol. The summed E-state index contributed by atoms with van der Waals surface area (Å²) in [5.74, 6) is 0. The molecule has 142 valence electrons. The van der Waals surface area contributed by atoms with Crippen molar-refractivity contribution >= 4 is 15.7 Å². The van der Waals surface area contributed by atoms with E-state index < -0.39 is 10.0 Å². The number of aromatic nitrogens is 2. The number of rotatable bonds is 4. The first-order valence-electron chi connectivity index (χ1n) is 9.13. The number of hydrogen-bond acceptors (Lipinski definition) is 4. The fraction of sp³-hybridized carbons (Fsp3) is 0.526. The fourth-order valence-electron chi connectivity index (χ4n) is 3.75. The molecule has 1 aliphatic rings. The standard InChI is InChI=1S/C19H28N4O2S/c1-6-23-17(5)19(16(4)20-23)26(24,25)21-11-12-22(15(3)13-21)18-9-7-14(2)8-10-18/h7-10,15H,6,11-13H2,1-5H3/t15-/m0/s1. The fourth-order valence-corrected chi connectivity index (χ4v) is 5.64. The molecule has 1 aromatic carbocycles. The van der Waals surface area contributed by atoms with Crippen LogP contribution in [0.1, 0.15) is 30.8 Å². The van der Waals surface area contributed by atoms with Crippen molar-refractivity contribution in [3.05, 3.63) is 41.2 Å². The zero-order chi connectivity index (χ0) is 19.1. The van der Waals surface area contributed by atoms with Crippen LogP contribution in [0.5, 0.6) is 0 Å². The van der Waals surface area contributed by atoms with Crippen LogP contribution < -0.4 is 4.90 Å². The maximum Gasteiger partial charge on any atom is 0.246 e. The average Bonchev–Trinajstić information content (AvgIpc) is 2.90. The molecule has 0 unspecified atom stereocenters. The lowest BCUT2D eigenvalue weighted by molar-refractivity contribution is 0.342. The van der Waals surface area contributed by atoms with E-state index >= 15 is 0 Å². The van der Waals surface area contributed by atoms with E-state index in [-0.39, 0.29) is 6.04 Å². The number of hydrogen-bond donors (Lipinski definition) is 0. The molecule has 3 rings (SSSR count). The van der Waals surface area contributed by atoms with E-state index in [1.54, 1.807) is 15.9 Å². The summed E-state index contributed by atoms with van der Waals surface area (Å²) < 4.78 is 29.9. The van der Waals surface area contributed by atoms with Crippen molar-refractivity contribution in [2.24, 2.45) is 0 Å². The van der Waals surface area contributed by atoms with E-state index in [9.17, 15) is 8.42 Å². The summed E-state index contributed by atoms with van der Waals surface area (Å²) in [4.78, 5) is 2.65. The molecule has 1 atom stereocenters. The van der Waals surface area contributed by atoms with Gasteiger partial charge in [-0.15, -0.1) is 0 Å². The van der Waals surface area contributed by atoms with E-state index in [2.05, 4.69) is 48.1 Å². The quantitative estimate of drug-likeness (QED) is 0.823. The molecule has 7 heteroatoms. The summed E-state index contributed by atoms with van der Waals surface area (Å²) >= 11 is 0. The smallest absolute Gasteiger partial charge is 0.246 e. The Bertz CT molecular complexity index is 887. The molecule has 0 saturated carbocycles. The van der Waals surface area contributed by atoms with Gasteiger partial charge in [0, 0.05) is 37.9 Å². The second-order valence-corrected chi connectivity index (χ2v) is 8.93. The zero-order valence-electron chi connectivity index (χ0n) is 16.2. The highest BCUT2D eigenvalue weighted by Gasteiger charge is 2.35. The van der Waals surface area contributed by atoms with Crippen LogP contribution in [0.3, 0.4) is 0 Å². The zero-order valence-corrected chi connectivity index (χ0v) is 17.0. The Labute approximate surface area is 156 Å². The maximum atomic E-state index is 13.2. The molecule has 0 spiro atoms. The van der Waals surface area contributed by atoms with Crippen molar-refractivity contribution in [2.45, 2.75) is 52.1 Å². The van der Waals surface area contributed by atoms with Gasteiger partial charge in [-0.1, -0.05) is 17.7 Å². The lowest BCUT2D eigenvalue weighted by Crippen LogP contribution is -2.53. The third-order valence-electron chi connectivity index (χ3n) is 5.17. The van der Waals surface area contributed by atoms with Gasteiger partial charge in [-0.25, -0.2) is 8.42 Å². The van der Waals surface area contributed by atoms with Crippen molar-refractivity contribution in [3.63, 3.8) is 0 Å². The van der Waals surface area contributed by atoms with Gasteiger partial charge in [0.1, 0.15) is 4.90 Å². The monoisotopic (exact) mass is 376 g/mol. The van der Waals surface area contributed by atoms with Crippen molar-refractivity contribution in [1.82, 2.24) is 14.1 Å². The molecule has 0 radical (unpaired) electrons. The minimum absolute atomic E-state index is 0.114. The van der Waals surface area contributed by atoms with Crippen LogP contribution in [-0.2, 0) is 16.6 Å². The van der Waals surface area contributed by atoms with Crippen LogP contribution >= 0.6 is 0 Å². The molecular weight excluding hydrogens is 348 g/mol. The number of piperazine rings is 1. The maximum absolute atomic E-state index is 13.2. The summed E-state index contributed by atoms with van der Waals surface area (Å²) in [6.45, 7) is 12.0. The predicted octanol–water partition coefficient (Wildman–Crippen LogP) is 2.73. The first kappa shape index (κ1) is 18.9.